The van der Waals surface area contributed by atoms with Gasteiger partial charge in [0, 0.05) is 27.2 Å². The number of guanidine groups is 1. The van der Waals surface area contributed by atoms with Crippen molar-refractivity contribution < 1.29 is 14.3 Å². The Morgan fingerprint density at radius 1 is 1.16 bits per heavy atom. The Hall–Kier alpha value is -1.71. The van der Waals surface area contributed by atoms with Crippen LogP contribution in [0.15, 0.2) is 23.2 Å². The fourth-order valence-corrected chi connectivity index (χ4v) is 3.90. The van der Waals surface area contributed by atoms with Gasteiger partial charge < -0.3 is 25.0 Å². The Balaban J connectivity index is 0.00000480. The highest BCUT2D eigenvalue weighted by Gasteiger charge is 2.42. The largest absolute Gasteiger partial charge is 0.493 e. The Morgan fingerprint density at radius 2 is 1.87 bits per heavy atom. The van der Waals surface area contributed by atoms with Crippen molar-refractivity contribution in [2.75, 3.05) is 40.9 Å². The quantitative estimate of drug-likeness (QED) is 0.265. The van der Waals surface area contributed by atoms with Crippen molar-refractivity contribution in [3.8, 4) is 11.5 Å². The summed E-state index contributed by atoms with van der Waals surface area (Å²) >= 11 is 0. The number of ether oxygens (including phenoxy) is 2. The van der Waals surface area contributed by atoms with Crippen LogP contribution in [0.1, 0.15) is 51.5 Å². The number of hydrogen-bond acceptors (Lipinski definition) is 4. The SMILES string of the molecule is CCCOc1ccc(CN=C(NCC)NCC2(C(=O)N(C)C)CCCC2)cc1OC.I. The molecule has 1 amide bonds. The van der Waals surface area contributed by atoms with E-state index in [2.05, 4.69) is 17.6 Å². The van der Waals surface area contributed by atoms with Gasteiger partial charge in [0.2, 0.25) is 5.91 Å². The summed E-state index contributed by atoms with van der Waals surface area (Å²) in [5, 5.41) is 6.70. The highest BCUT2D eigenvalue weighted by Crippen LogP contribution is 2.39. The van der Waals surface area contributed by atoms with E-state index in [1.165, 1.54) is 0 Å². The third-order valence-corrected chi connectivity index (χ3v) is 5.47. The molecule has 1 fully saturated rings. The number of carbonyl (C=O) groups is 1. The standard InChI is InChI=1S/C23H38N4O3.HI/c1-6-14-30-19-11-10-18(15-20(19)29-5)16-25-22(24-7-2)26-17-23(12-8-9-13-23)21(28)27(3)4;/h10-11,15H,6-9,12-14,16-17H2,1-5H3,(H2,24,25,26);1H. The number of nitrogens with zero attached hydrogens (tertiary/aromatic N) is 2. The molecule has 1 aliphatic rings. The zero-order valence-corrected chi connectivity index (χ0v) is 22.0. The number of amides is 1. The first-order valence-corrected chi connectivity index (χ1v) is 11.0. The van der Waals surface area contributed by atoms with Crippen molar-refractivity contribution in [2.24, 2.45) is 10.4 Å². The van der Waals surface area contributed by atoms with Gasteiger partial charge in [0.1, 0.15) is 0 Å². The van der Waals surface area contributed by atoms with E-state index in [0.717, 1.165) is 61.7 Å². The summed E-state index contributed by atoms with van der Waals surface area (Å²) in [5.41, 5.74) is 0.703. The summed E-state index contributed by atoms with van der Waals surface area (Å²) in [6.45, 7) is 6.64. The van der Waals surface area contributed by atoms with Crippen molar-refractivity contribution in [1.29, 1.82) is 0 Å². The van der Waals surface area contributed by atoms with Crippen LogP contribution in [-0.4, -0.2) is 57.7 Å². The Labute approximate surface area is 204 Å². The average molecular weight is 546 g/mol. The van der Waals surface area contributed by atoms with E-state index in [9.17, 15) is 4.79 Å². The van der Waals surface area contributed by atoms with Gasteiger partial charge in [0.15, 0.2) is 17.5 Å². The van der Waals surface area contributed by atoms with Crippen molar-refractivity contribution in [3.05, 3.63) is 23.8 Å². The zero-order chi connectivity index (χ0) is 22.0. The van der Waals surface area contributed by atoms with E-state index in [1.807, 2.05) is 39.2 Å². The second kappa shape index (κ2) is 13.6. The fourth-order valence-electron chi connectivity index (χ4n) is 3.90. The minimum Gasteiger partial charge on any atom is -0.493 e. The first-order valence-electron chi connectivity index (χ1n) is 11.0. The minimum atomic E-state index is -0.332. The smallest absolute Gasteiger partial charge is 0.230 e. The summed E-state index contributed by atoms with van der Waals surface area (Å²) < 4.78 is 11.2. The van der Waals surface area contributed by atoms with Crippen LogP contribution in [0.25, 0.3) is 0 Å². The number of rotatable bonds is 10. The second-order valence-electron chi connectivity index (χ2n) is 8.07. The first-order chi connectivity index (χ1) is 14.5. The predicted molar refractivity (Wildman–Crippen MR) is 137 cm³/mol. The molecule has 8 heteroatoms. The van der Waals surface area contributed by atoms with Crippen molar-refractivity contribution >= 4 is 35.8 Å². The topological polar surface area (TPSA) is 75.2 Å². The van der Waals surface area contributed by atoms with E-state index in [0.29, 0.717) is 19.7 Å². The molecule has 0 radical (unpaired) electrons. The van der Waals surface area contributed by atoms with Gasteiger partial charge in [0.25, 0.3) is 0 Å². The number of methoxy groups -OCH3 is 1. The molecule has 0 aromatic heterocycles. The lowest BCUT2D eigenvalue weighted by Gasteiger charge is -2.31. The molecule has 2 rings (SSSR count). The van der Waals surface area contributed by atoms with Gasteiger partial charge in [-0.2, -0.15) is 0 Å². The second-order valence-corrected chi connectivity index (χ2v) is 8.07. The van der Waals surface area contributed by atoms with E-state index in [4.69, 9.17) is 14.5 Å². The van der Waals surface area contributed by atoms with Crippen molar-refractivity contribution in [2.45, 2.75) is 52.5 Å². The predicted octanol–water partition coefficient (Wildman–Crippen LogP) is 3.81. The number of aliphatic imine (C=N–C) groups is 1. The highest BCUT2D eigenvalue weighted by atomic mass is 127. The van der Waals surface area contributed by atoms with E-state index in [-0.39, 0.29) is 35.3 Å². The zero-order valence-electron chi connectivity index (χ0n) is 19.6. The molecule has 176 valence electrons. The summed E-state index contributed by atoms with van der Waals surface area (Å²) in [4.78, 5) is 19.2. The summed E-state index contributed by atoms with van der Waals surface area (Å²) in [7, 11) is 5.32. The molecule has 1 aromatic carbocycles. The molecule has 0 atom stereocenters. The number of halogens is 1. The Morgan fingerprint density at radius 3 is 2.45 bits per heavy atom. The van der Waals surface area contributed by atoms with Crippen LogP contribution in [0.4, 0.5) is 0 Å². The lowest BCUT2D eigenvalue weighted by atomic mass is 9.84. The number of nitrogens with one attached hydrogen (secondary N) is 2. The normalized spacial score (nSPS) is 15.1. The summed E-state index contributed by atoms with van der Waals surface area (Å²) in [5.74, 6) is 2.40. The molecule has 0 aliphatic heterocycles. The van der Waals surface area contributed by atoms with Gasteiger partial charge in [-0.05, 0) is 43.9 Å². The molecule has 31 heavy (non-hydrogen) atoms. The average Bonchev–Trinajstić information content (AvgIpc) is 3.23. The van der Waals surface area contributed by atoms with Gasteiger partial charge in [-0.15, -0.1) is 24.0 Å². The van der Waals surface area contributed by atoms with Crippen LogP contribution in [0.2, 0.25) is 0 Å². The van der Waals surface area contributed by atoms with E-state index < -0.39 is 0 Å². The molecule has 7 nitrogen and oxygen atoms in total. The third-order valence-electron chi connectivity index (χ3n) is 5.47. The first kappa shape index (κ1) is 27.3. The van der Waals surface area contributed by atoms with E-state index in [1.54, 1.807) is 12.0 Å². The van der Waals surface area contributed by atoms with Gasteiger partial charge >= 0.3 is 0 Å². The van der Waals surface area contributed by atoms with E-state index >= 15 is 0 Å². The van der Waals surface area contributed by atoms with Crippen LogP contribution >= 0.6 is 24.0 Å². The van der Waals surface area contributed by atoms with Crippen LogP contribution in [0, 0.1) is 5.41 Å². The molecule has 1 saturated carbocycles. The molecular formula is C23H39IN4O3. The van der Waals surface area contributed by atoms with Crippen molar-refractivity contribution in [3.63, 3.8) is 0 Å². The summed E-state index contributed by atoms with van der Waals surface area (Å²) in [6.07, 6.45) is 4.99. The molecule has 0 bridgehead atoms. The van der Waals surface area contributed by atoms with Gasteiger partial charge in [-0.25, -0.2) is 4.99 Å². The van der Waals surface area contributed by atoms with Crippen LogP contribution < -0.4 is 20.1 Å². The molecule has 0 saturated heterocycles. The molecule has 0 spiro atoms. The van der Waals surface area contributed by atoms with Gasteiger partial charge in [-0.1, -0.05) is 25.8 Å². The highest BCUT2D eigenvalue weighted by molar-refractivity contribution is 14.0. The molecule has 2 N–H and O–H groups in total. The van der Waals surface area contributed by atoms with Crippen LogP contribution in [0.3, 0.4) is 0 Å². The van der Waals surface area contributed by atoms with Crippen molar-refractivity contribution in [1.82, 2.24) is 15.5 Å². The molecule has 1 aromatic rings. The molecule has 0 unspecified atom stereocenters. The maximum Gasteiger partial charge on any atom is 0.230 e. The lowest BCUT2D eigenvalue weighted by Crippen LogP contribution is -2.49. The molecule has 1 aliphatic carbocycles. The Kier molecular flexibility index (Phi) is 12.0. The van der Waals surface area contributed by atoms with Gasteiger partial charge in [-0.3, -0.25) is 4.79 Å². The van der Waals surface area contributed by atoms with Crippen LogP contribution in [-0.2, 0) is 11.3 Å². The molecular weight excluding hydrogens is 507 g/mol. The number of carbonyl (C=O) groups excluding carboxylic acids is 1. The monoisotopic (exact) mass is 546 g/mol. The summed E-state index contributed by atoms with van der Waals surface area (Å²) in [6, 6.07) is 5.91. The minimum absolute atomic E-state index is 0. The number of benzene rings is 1. The van der Waals surface area contributed by atoms with Crippen LogP contribution in [0.5, 0.6) is 11.5 Å². The lowest BCUT2D eigenvalue weighted by molar-refractivity contribution is -0.138. The third kappa shape index (κ3) is 7.73. The Bertz CT molecular complexity index is 719. The number of hydrogen-bond donors (Lipinski definition) is 2. The maximum absolute atomic E-state index is 12.8. The fraction of sp³-hybridized carbons (Fsp3) is 0.652. The van der Waals surface area contributed by atoms with Gasteiger partial charge in [0.05, 0.1) is 25.7 Å². The maximum atomic E-state index is 12.8. The molecule has 0 heterocycles.